The summed E-state index contributed by atoms with van der Waals surface area (Å²) in [5.41, 5.74) is 4.17. The number of amides is 2. The van der Waals surface area contributed by atoms with Crippen LogP contribution in [-0.4, -0.2) is 67.5 Å². The van der Waals surface area contributed by atoms with Crippen molar-refractivity contribution in [1.29, 1.82) is 0 Å². The Hall–Kier alpha value is -3.94. The van der Waals surface area contributed by atoms with Gasteiger partial charge in [0.1, 0.15) is 5.82 Å². The fourth-order valence-electron chi connectivity index (χ4n) is 5.22. The van der Waals surface area contributed by atoms with Crippen molar-refractivity contribution in [3.63, 3.8) is 0 Å². The maximum atomic E-state index is 13.3. The van der Waals surface area contributed by atoms with Crippen LogP contribution in [0.2, 0.25) is 0 Å². The number of hydrogen-bond acceptors (Lipinski definition) is 6. The van der Waals surface area contributed by atoms with E-state index in [1.165, 1.54) is 17.6 Å². The van der Waals surface area contributed by atoms with Crippen molar-refractivity contribution in [2.24, 2.45) is 5.92 Å². The van der Waals surface area contributed by atoms with Gasteiger partial charge in [-0.05, 0) is 43.2 Å². The molecule has 0 N–H and O–H groups in total. The molecule has 1 aromatic heterocycles. The number of aryl methyl sites for hydroxylation is 2. The number of carbonyl (C=O) groups excluding carboxylic acids is 3. The number of hydrogen-bond donors (Lipinski definition) is 0. The van der Waals surface area contributed by atoms with Gasteiger partial charge in [-0.15, -0.1) is 0 Å². The van der Waals surface area contributed by atoms with Crippen LogP contribution < -0.4 is 9.80 Å². The van der Waals surface area contributed by atoms with Gasteiger partial charge in [0.2, 0.25) is 11.8 Å². The van der Waals surface area contributed by atoms with E-state index in [9.17, 15) is 14.4 Å². The second-order valence-corrected chi connectivity index (χ2v) is 9.49. The summed E-state index contributed by atoms with van der Waals surface area (Å²) in [4.78, 5) is 48.9. The van der Waals surface area contributed by atoms with Gasteiger partial charge in [0, 0.05) is 44.5 Å². The number of fused-ring (bicyclic) bond motifs is 1. The largest absolute Gasteiger partial charge is 0.465 e. The standard InChI is InChI=1S/C28H30N4O4/c1-18-7-6-9-21-19(2)15-24(29-26(18)21)30-11-13-31(14-12-30)27(34)20-16-25(33)32(17-20)23-10-5-4-8-22(23)28(35)36-3/h4-10,15,20H,11-14,16-17H2,1-3H3. The maximum absolute atomic E-state index is 13.3. The molecule has 1 unspecified atom stereocenters. The molecule has 0 spiro atoms. The predicted octanol–water partition coefficient (Wildman–Crippen LogP) is 3.34. The monoisotopic (exact) mass is 486 g/mol. The third-order valence-electron chi connectivity index (χ3n) is 7.22. The first kappa shape index (κ1) is 23.8. The first-order valence-corrected chi connectivity index (χ1v) is 12.3. The van der Waals surface area contributed by atoms with Crippen LogP contribution in [0.5, 0.6) is 0 Å². The molecule has 0 radical (unpaired) electrons. The molecule has 2 aliphatic rings. The number of carbonyl (C=O) groups is 3. The van der Waals surface area contributed by atoms with Crippen LogP contribution in [0.1, 0.15) is 27.9 Å². The molecular formula is C28H30N4O4. The van der Waals surface area contributed by atoms with Crippen molar-refractivity contribution >= 4 is 40.2 Å². The van der Waals surface area contributed by atoms with Gasteiger partial charge in [-0.3, -0.25) is 9.59 Å². The van der Waals surface area contributed by atoms with Crippen molar-refractivity contribution in [3.05, 3.63) is 65.2 Å². The fourth-order valence-corrected chi connectivity index (χ4v) is 5.22. The number of aromatic nitrogens is 1. The molecule has 2 aliphatic heterocycles. The molecule has 0 saturated carbocycles. The van der Waals surface area contributed by atoms with Gasteiger partial charge in [-0.1, -0.05) is 30.3 Å². The summed E-state index contributed by atoms with van der Waals surface area (Å²) in [6.45, 7) is 6.97. The Bertz CT molecular complexity index is 1350. The number of methoxy groups -OCH3 is 1. The minimum atomic E-state index is -0.503. The Morgan fingerprint density at radius 1 is 0.972 bits per heavy atom. The second kappa shape index (κ2) is 9.60. The molecule has 8 nitrogen and oxygen atoms in total. The molecule has 3 heterocycles. The van der Waals surface area contributed by atoms with Gasteiger partial charge in [0.25, 0.3) is 0 Å². The lowest BCUT2D eigenvalue weighted by Gasteiger charge is -2.36. The summed E-state index contributed by atoms with van der Waals surface area (Å²) >= 11 is 0. The summed E-state index contributed by atoms with van der Waals surface area (Å²) in [7, 11) is 1.31. The predicted molar refractivity (Wildman–Crippen MR) is 138 cm³/mol. The number of esters is 1. The van der Waals surface area contributed by atoms with E-state index in [2.05, 4.69) is 43.0 Å². The molecule has 2 saturated heterocycles. The smallest absolute Gasteiger partial charge is 0.339 e. The number of ether oxygens (including phenoxy) is 1. The van der Waals surface area contributed by atoms with Gasteiger partial charge in [-0.2, -0.15) is 0 Å². The highest BCUT2D eigenvalue weighted by Gasteiger charge is 2.39. The molecule has 0 aliphatic carbocycles. The minimum Gasteiger partial charge on any atom is -0.465 e. The first-order chi connectivity index (χ1) is 17.4. The highest BCUT2D eigenvalue weighted by Crippen LogP contribution is 2.30. The summed E-state index contributed by atoms with van der Waals surface area (Å²) in [5, 5.41) is 1.16. The van der Waals surface area contributed by atoms with Gasteiger partial charge >= 0.3 is 5.97 Å². The maximum Gasteiger partial charge on any atom is 0.339 e. The fraction of sp³-hybridized carbons (Fsp3) is 0.357. The van der Waals surface area contributed by atoms with E-state index >= 15 is 0 Å². The summed E-state index contributed by atoms with van der Waals surface area (Å²) in [6, 6.07) is 15.2. The number of pyridine rings is 1. The first-order valence-electron chi connectivity index (χ1n) is 12.3. The van der Waals surface area contributed by atoms with Gasteiger partial charge in [0.05, 0.1) is 29.8 Å². The van der Waals surface area contributed by atoms with E-state index in [-0.39, 0.29) is 24.8 Å². The second-order valence-electron chi connectivity index (χ2n) is 9.49. The van der Waals surface area contributed by atoms with Crippen molar-refractivity contribution in [2.45, 2.75) is 20.3 Å². The zero-order chi connectivity index (χ0) is 25.4. The van der Waals surface area contributed by atoms with E-state index in [4.69, 9.17) is 9.72 Å². The minimum absolute atomic E-state index is 0.0143. The SMILES string of the molecule is COC(=O)c1ccccc1N1CC(C(=O)N2CCN(c3cc(C)c4cccc(C)c4n3)CC2)CC1=O. The molecule has 0 bridgehead atoms. The average molecular weight is 487 g/mol. The third-order valence-corrected chi connectivity index (χ3v) is 7.22. The molecule has 2 amide bonds. The molecule has 2 aromatic carbocycles. The van der Waals surface area contributed by atoms with E-state index < -0.39 is 11.9 Å². The van der Waals surface area contributed by atoms with Crippen LogP contribution in [-0.2, 0) is 14.3 Å². The van der Waals surface area contributed by atoms with Crippen molar-refractivity contribution in [3.8, 4) is 0 Å². The van der Waals surface area contributed by atoms with E-state index in [0.717, 1.165) is 22.3 Å². The molecule has 36 heavy (non-hydrogen) atoms. The number of para-hydroxylation sites is 2. The van der Waals surface area contributed by atoms with Crippen LogP contribution >= 0.6 is 0 Å². The van der Waals surface area contributed by atoms with Crippen LogP contribution in [0.4, 0.5) is 11.5 Å². The van der Waals surface area contributed by atoms with E-state index in [1.54, 1.807) is 24.3 Å². The van der Waals surface area contributed by atoms with Crippen molar-refractivity contribution < 1.29 is 19.1 Å². The zero-order valence-corrected chi connectivity index (χ0v) is 20.9. The Morgan fingerprint density at radius 3 is 2.47 bits per heavy atom. The third kappa shape index (κ3) is 4.27. The number of anilines is 2. The van der Waals surface area contributed by atoms with Gasteiger partial charge in [-0.25, -0.2) is 9.78 Å². The van der Waals surface area contributed by atoms with Crippen LogP contribution in [0.15, 0.2) is 48.5 Å². The number of piperazine rings is 1. The summed E-state index contributed by atoms with van der Waals surface area (Å²) in [6.07, 6.45) is 0.138. The van der Waals surface area contributed by atoms with Crippen LogP contribution in [0.3, 0.4) is 0 Å². The number of nitrogens with zero attached hydrogens (tertiary/aromatic N) is 4. The lowest BCUT2D eigenvalue weighted by molar-refractivity contribution is -0.136. The van der Waals surface area contributed by atoms with Gasteiger partial charge < -0.3 is 19.4 Å². The average Bonchev–Trinajstić information content (AvgIpc) is 3.29. The summed E-state index contributed by atoms with van der Waals surface area (Å²) < 4.78 is 4.86. The highest BCUT2D eigenvalue weighted by atomic mass is 16.5. The van der Waals surface area contributed by atoms with E-state index in [0.29, 0.717) is 37.4 Å². The Balaban J connectivity index is 1.26. The molecule has 2 fully saturated rings. The van der Waals surface area contributed by atoms with Crippen LogP contribution in [0.25, 0.3) is 10.9 Å². The number of benzene rings is 2. The Morgan fingerprint density at radius 2 is 1.72 bits per heavy atom. The topological polar surface area (TPSA) is 83.1 Å². The molecule has 186 valence electrons. The van der Waals surface area contributed by atoms with Crippen molar-refractivity contribution in [1.82, 2.24) is 9.88 Å². The molecule has 3 aromatic rings. The van der Waals surface area contributed by atoms with Gasteiger partial charge in [0.15, 0.2) is 0 Å². The molecule has 1 atom stereocenters. The van der Waals surface area contributed by atoms with E-state index in [1.807, 2.05) is 4.90 Å². The van der Waals surface area contributed by atoms with Crippen LogP contribution in [0, 0.1) is 19.8 Å². The Labute approximate surface area is 210 Å². The summed E-state index contributed by atoms with van der Waals surface area (Å²) in [5.74, 6) is -0.174. The molecular weight excluding hydrogens is 456 g/mol. The zero-order valence-electron chi connectivity index (χ0n) is 20.9. The quantitative estimate of drug-likeness (QED) is 0.526. The normalized spacial score (nSPS) is 18.1. The Kier molecular flexibility index (Phi) is 6.35. The number of rotatable bonds is 4. The highest BCUT2D eigenvalue weighted by molar-refractivity contribution is 6.05. The molecule has 8 heteroatoms. The lowest BCUT2D eigenvalue weighted by Crippen LogP contribution is -2.51. The van der Waals surface area contributed by atoms with Crippen molar-refractivity contribution in [2.75, 3.05) is 49.6 Å². The lowest BCUT2D eigenvalue weighted by atomic mass is 10.1. The molecule has 5 rings (SSSR count).